The lowest BCUT2D eigenvalue weighted by atomic mass is 10.1. The summed E-state index contributed by atoms with van der Waals surface area (Å²) in [6.45, 7) is 0. The Morgan fingerprint density at radius 1 is 1.16 bits per heavy atom. The first-order valence-corrected chi connectivity index (χ1v) is 6.17. The molecule has 0 unspecified atom stereocenters. The second-order valence-corrected chi connectivity index (χ2v) is 4.91. The fourth-order valence-electron chi connectivity index (χ4n) is 1.53. The fourth-order valence-corrected chi connectivity index (χ4v) is 2.13. The Labute approximate surface area is 123 Å². The highest BCUT2D eigenvalue weighted by molar-refractivity contribution is 6.48. The summed E-state index contributed by atoms with van der Waals surface area (Å²) in [6.07, 6.45) is 1.21. The zero-order valence-electron chi connectivity index (χ0n) is 9.32. The number of nitrogen functional groups attached to an aromatic ring is 1. The van der Waals surface area contributed by atoms with E-state index in [0.29, 0.717) is 11.3 Å². The van der Waals surface area contributed by atoms with E-state index in [1.54, 1.807) is 12.1 Å². The molecule has 0 aliphatic carbocycles. The largest absolute Gasteiger partial charge is 0.478 e. The van der Waals surface area contributed by atoms with Crippen molar-refractivity contribution in [2.24, 2.45) is 0 Å². The van der Waals surface area contributed by atoms with Crippen molar-refractivity contribution >= 4 is 46.5 Å². The first kappa shape index (κ1) is 13.9. The number of pyridine rings is 1. The number of hydrogen-bond donors (Lipinski definition) is 2. The summed E-state index contributed by atoms with van der Waals surface area (Å²) in [5.41, 5.74) is 6.97. The molecule has 0 aliphatic heterocycles. The van der Waals surface area contributed by atoms with Crippen molar-refractivity contribution in [3.8, 4) is 11.3 Å². The van der Waals surface area contributed by atoms with Crippen LogP contribution in [-0.4, -0.2) is 16.1 Å². The third-order valence-electron chi connectivity index (χ3n) is 2.42. The van der Waals surface area contributed by atoms with Gasteiger partial charge in [0.15, 0.2) is 0 Å². The second-order valence-electron chi connectivity index (χ2n) is 3.72. The van der Waals surface area contributed by atoms with Gasteiger partial charge in [0.25, 0.3) is 0 Å². The highest BCUT2D eigenvalue weighted by atomic mass is 35.5. The summed E-state index contributed by atoms with van der Waals surface area (Å²) in [5.74, 6) is -1.10. The number of halogens is 3. The maximum atomic E-state index is 10.8. The van der Waals surface area contributed by atoms with Crippen molar-refractivity contribution < 1.29 is 9.90 Å². The lowest BCUT2D eigenvalue weighted by Crippen LogP contribution is -2.01. The van der Waals surface area contributed by atoms with E-state index in [0.717, 1.165) is 0 Å². The highest BCUT2D eigenvalue weighted by Crippen LogP contribution is 2.36. The third-order valence-corrected chi connectivity index (χ3v) is 3.62. The number of nitrogens with two attached hydrogens (primary N) is 1. The van der Waals surface area contributed by atoms with E-state index in [1.165, 1.54) is 12.3 Å². The zero-order chi connectivity index (χ0) is 14.2. The van der Waals surface area contributed by atoms with Crippen LogP contribution < -0.4 is 5.73 Å². The Hall–Kier alpha value is -1.49. The predicted octanol–water partition coefficient (Wildman–Crippen LogP) is 3.99. The Balaban J connectivity index is 2.56. The minimum atomic E-state index is -1.10. The SMILES string of the molecule is Nc1cc(C(=O)O)cnc1-c1cc(Cl)c(Cl)c(Cl)c1. The second kappa shape index (κ2) is 5.25. The maximum Gasteiger partial charge on any atom is 0.337 e. The molecule has 0 radical (unpaired) electrons. The minimum Gasteiger partial charge on any atom is -0.478 e. The van der Waals surface area contributed by atoms with Crippen molar-refractivity contribution in [3.63, 3.8) is 0 Å². The van der Waals surface area contributed by atoms with Crippen molar-refractivity contribution in [1.82, 2.24) is 4.98 Å². The van der Waals surface area contributed by atoms with Gasteiger partial charge in [-0.1, -0.05) is 34.8 Å². The van der Waals surface area contributed by atoms with Crippen LogP contribution in [0.2, 0.25) is 15.1 Å². The van der Waals surface area contributed by atoms with E-state index in [9.17, 15) is 4.79 Å². The van der Waals surface area contributed by atoms with Gasteiger partial charge in [-0.05, 0) is 18.2 Å². The van der Waals surface area contributed by atoms with Crippen LogP contribution in [0, 0.1) is 0 Å². The predicted molar refractivity (Wildman–Crippen MR) is 76.1 cm³/mol. The molecular formula is C12H7Cl3N2O2. The Morgan fingerprint density at radius 3 is 2.21 bits per heavy atom. The number of carbonyl (C=O) groups is 1. The number of rotatable bonds is 2. The molecule has 3 N–H and O–H groups in total. The van der Waals surface area contributed by atoms with Crippen LogP contribution in [0.4, 0.5) is 5.69 Å². The Kier molecular flexibility index (Phi) is 3.85. The molecule has 2 aromatic rings. The van der Waals surface area contributed by atoms with E-state index in [2.05, 4.69) is 4.98 Å². The van der Waals surface area contributed by atoms with Gasteiger partial charge in [0.2, 0.25) is 0 Å². The molecule has 1 heterocycles. The van der Waals surface area contributed by atoms with E-state index in [4.69, 9.17) is 45.6 Å². The average Bonchev–Trinajstić information content (AvgIpc) is 2.35. The van der Waals surface area contributed by atoms with Crippen LogP contribution in [0.25, 0.3) is 11.3 Å². The molecule has 0 saturated heterocycles. The lowest BCUT2D eigenvalue weighted by Gasteiger charge is -2.08. The molecule has 0 spiro atoms. The van der Waals surface area contributed by atoms with Gasteiger partial charge in [-0.3, -0.25) is 4.98 Å². The monoisotopic (exact) mass is 316 g/mol. The fraction of sp³-hybridized carbons (Fsp3) is 0. The summed E-state index contributed by atoms with van der Waals surface area (Å²) >= 11 is 17.7. The van der Waals surface area contributed by atoms with E-state index in [1.807, 2.05) is 0 Å². The first-order chi connectivity index (χ1) is 8.90. The van der Waals surface area contributed by atoms with E-state index >= 15 is 0 Å². The maximum absolute atomic E-state index is 10.8. The number of aromatic carboxylic acids is 1. The number of hydrogen-bond acceptors (Lipinski definition) is 3. The summed E-state index contributed by atoms with van der Waals surface area (Å²) in [5, 5.41) is 9.63. The number of anilines is 1. The van der Waals surface area contributed by atoms with Gasteiger partial charge in [-0.25, -0.2) is 4.79 Å². The molecule has 1 aromatic carbocycles. The summed E-state index contributed by atoms with van der Waals surface area (Å²) in [4.78, 5) is 14.8. The summed E-state index contributed by atoms with van der Waals surface area (Å²) in [6, 6.07) is 4.45. The number of nitrogens with zero attached hydrogens (tertiary/aromatic N) is 1. The zero-order valence-corrected chi connectivity index (χ0v) is 11.6. The van der Waals surface area contributed by atoms with Gasteiger partial charge in [-0.15, -0.1) is 0 Å². The molecule has 0 saturated carbocycles. The molecule has 98 valence electrons. The summed E-state index contributed by atoms with van der Waals surface area (Å²) in [7, 11) is 0. The van der Waals surface area contributed by atoms with E-state index < -0.39 is 5.97 Å². The average molecular weight is 318 g/mol. The number of benzene rings is 1. The molecule has 19 heavy (non-hydrogen) atoms. The quantitative estimate of drug-likeness (QED) is 0.821. The van der Waals surface area contributed by atoms with Crippen LogP contribution in [-0.2, 0) is 0 Å². The Bertz CT molecular complexity index is 651. The third kappa shape index (κ3) is 2.76. The van der Waals surface area contributed by atoms with Crippen LogP contribution >= 0.6 is 34.8 Å². The highest BCUT2D eigenvalue weighted by Gasteiger charge is 2.13. The molecule has 4 nitrogen and oxygen atoms in total. The molecule has 0 amide bonds. The van der Waals surface area contributed by atoms with Gasteiger partial charge in [0, 0.05) is 11.8 Å². The molecule has 0 atom stereocenters. The van der Waals surface area contributed by atoms with Crippen LogP contribution in [0.15, 0.2) is 24.4 Å². The summed E-state index contributed by atoms with van der Waals surface area (Å²) < 4.78 is 0. The molecule has 7 heteroatoms. The van der Waals surface area contributed by atoms with Gasteiger partial charge >= 0.3 is 5.97 Å². The van der Waals surface area contributed by atoms with Crippen molar-refractivity contribution in [2.75, 3.05) is 5.73 Å². The van der Waals surface area contributed by atoms with Crippen LogP contribution in [0.1, 0.15) is 10.4 Å². The molecule has 2 rings (SSSR count). The Morgan fingerprint density at radius 2 is 1.74 bits per heavy atom. The van der Waals surface area contributed by atoms with Gasteiger partial charge in [0.1, 0.15) is 0 Å². The van der Waals surface area contributed by atoms with Gasteiger partial charge in [-0.2, -0.15) is 0 Å². The molecular weight excluding hydrogens is 311 g/mol. The number of aromatic nitrogens is 1. The smallest absolute Gasteiger partial charge is 0.337 e. The standard InChI is InChI=1S/C12H7Cl3N2O2/c13-7-1-5(2-8(14)10(7)15)11-9(16)3-6(4-17-11)12(18)19/h1-4H,16H2,(H,18,19). The van der Waals surface area contributed by atoms with Crippen LogP contribution in [0.3, 0.4) is 0 Å². The van der Waals surface area contributed by atoms with Gasteiger partial charge in [0.05, 0.1) is 32.0 Å². The topological polar surface area (TPSA) is 76.2 Å². The number of carboxylic acid groups (broad SMARTS) is 1. The first-order valence-electron chi connectivity index (χ1n) is 5.04. The van der Waals surface area contributed by atoms with Gasteiger partial charge < -0.3 is 10.8 Å². The minimum absolute atomic E-state index is 0.00686. The molecule has 0 fully saturated rings. The van der Waals surface area contributed by atoms with Crippen LogP contribution in [0.5, 0.6) is 0 Å². The van der Waals surface area contributed by atoms with Crippen molar-refractivity contribution in [1.29, 1.82) is 0 Å². The number of carboxylic acids is 1. The van der Waals surface area contributed by atoms with E-state index in [-0.39, 0.29) is 26.3 Å². The molecule has 0 bridgehead atoms. The van der Waals surface area contributed by atoms with Crippen molar-refractivity contribution in [3.05, 3.63) is 45.0 Å². The van der Waals surface area contributed by atoms with Crippen molar-refractivity contribution in [2.45, 2.75) is 0 Å². The normalized spacial score (nSPS) is 10.5. The molecule has 0 aliphatic rings. The molecule has 1 aromatic heterocycles. The lowest BCUT2D eigenvalue weighted by molar-refractivity contribution is 0.0696.